The predicted molar refractivity (Wildman–Crippen MR) is 130 cm³/mol. The van der Waals surface area contributed by atoms with Gasteiger partial charge in [0.05, 0.1) is 0 Å². The van der Waals surface area contributed by atoms with E-state index in [0.29, 0.717) is 6.42 Å². The number of likely N-dealkylation sites (N-methyl/N-ethyl adjacent to an activating group) is 1. The number of rotatable bonds is 6. The van der Waals surface area contributed by atoms with Crippen LogP contribution in [0.2, 0.25) is 0 Å². The third kappa shape index (κ3) is 4.56. The van der Waals surface area contributed by atoms with Gasteiger partial charge in [-0.1, -0.05) is 38.1 Å². The number of carbonyl (C=O) groups is 3. The third-order valence-corrected chi connectivity index (χ3v) is 7.74. The van der Waals surface area contributed by atoms with Crippen molar-refractivity contribution in [2.45, 2.75) is 58.2 Å². The van der Waals surface area contributed by atoms with Crippen molar-refractivity contribution in [2.75, 3.05) is 14.1 Å². The molecule has 7 heteroatoms. The monoisotopic (exact) mass is 467 g/mol. The first-order valence-electron chi connectivity index (χ1n) is 11.6. The number of carbonyl (C=O) groups excluding carboxylic acids is 3. The van der Waals surface area contributed by atoms with Gasteiger partial charge in [-0.25, -0.2) is 0 Å². The molecule has 1 fully saturated rings. The molecule has 0 unspecified atom stereocenters. The van der Waals surface area contributed by atoms with Gasteiger partial charge in [0.2, 0.25) is 17.7 Å². The van der Waals surface area contributed by atoms with E-state index in [1.807, 2.05) is 45.0 Å². The van der Waals surface area contributed by atoms with E-state index < -0.39 is 18.1 Å². The van der Waals surface area contributed by atoms with Gasteiger partial charge in [-0.3, -0.25) is 14.4 Å². The van der Waals surface area contributed by atoms with E-state index in [0.717, 1.165) is 22.6 Å². The SMILES string of the molecule is Cc1ccc([C@@H](C(=O)N(C)C)N2C(=O)[C@@H](C3Cc4ccccc4C3)NC(=O)[C@H]2CC(C)C)s1. The molecule has 1 saturated heterocycles. The molecule has 1 aromatic carbocycles. The molecule has 3 atom stereocenters. The van der Waals surface area contributed by atoms with Gasteiger partial charge in [-0.2, -0.15) is 0 Å². The summed E-state index contributed by atoms with van der Waals surface area (Å²) in [4.78, 5) is 46.0. The summed E-state index contributed by atoms with van der Waals surface area (Å²) in [6.07, 6.45) is 2.01. The molecule has 4 rings (SSSR count). The van der Waals surface area contributed by atoms with Crippen LogP contribution in [0.15, 0.2) is 36.4 Å². The summed E-state index contributed by atoms with van der Waals surface area (Å²) < 4.78 is 0. The van der Waals surface area contributed by atoms with Gasteiger partial charge in [-0.15, -0.1) is 11.3 Å². The van der Waals surface area contributed by atoms with Crippen LogP contribution in [0.1, 0.15) is 47.2 Å². The minimum absolute atomic E-state index is 0.0125. The number of benzene rings is 1. The molecule has 0 spiro atoms. The van der Waals surface area contributed by atoms with Crippen LogP contribution in [0.3, 0.4) is 0 Å². The minimum atomic E-state index is -0.799. The zero-order chi connectivity index (χ0) is 23.9. The van der Waals surface area contributed by atoms with Crippen LogP contribution in [-0.4, -0.2) is 53.7 Å². The molecule has 176 valence electrons. The number of thiophene rings is 1. The summed E-state index contributed by atoms with van der Waals surface area (Å²) in [5.41, 5.74) is 2.46. The van der Waals surface area contributed by atoms with Crippen LogP contribution >= 0.6 is 11.3 Å². The highest BCUT2D eigenvalue weighted by Crippen LogP contribution is 2.37. The first-order valence-corrected chi connectivity index (χ1v) is 12.5. The van der Waals surface area contributed by atoms with Crippen LogP contribution in [0, 0.1) is 18.8 Å². The first kappa shape index (κ1) is 23.5. The lowest BCUT2D eigenvalue weighted by atomic mass is 9.88. The zero-order valence-corrected chi connectivity index (χ0v) is 20.8. The second kappa shape index (κ2) is 9.29. The number of aryl methyl sites for hydroxylation is 1. The highest BCUT2D eigenvalue weighted by atomic mass is 32.1. The highest BCUT2D eigenvalue weighted by Gasteiger charge is 2.49. The molecule has 0 radical (unpaired) electrons. The van der Waals surface area contributed by atoms with E-state index in [-0.39, 0.29) is 29.6 Å². The molecule has 2 heterocycles. The molecule has 3 amide bonds. The second-order valence-electron chi connectivity index (χ2n) is 9.90. The Morgan fingerprint density at radius 1 is 1.12 bits per heavy atom. The number of nitrogens with zero attached hydrogens (tertiary/aromatic N) is 2. The van der Waals surface area contributed by atoms with Gasteiger partial charge in [0.1, 0.15) is 18.1 Å². The van der Waals surface area contributed by atoms with Crippen molar-refractivity contribution in [1.82, 2.24) is 15.1 Å². The summed E-state index contributed by atoms with van der Waals surface area (Å²) in [6, 6.07) is 9.99. The molecule has 6 nitrogen and oxygen atoms in total. The standard InChI is InChI=1S/C26H33N3O3S/c1-15(2)12-20-24(30)27-22(19-13-17-8-6-7-9-18(17)14-19)25(31)29(20)23(26(32)28(4)5)21-11-10-16(3)33-21/h6-11,15,19-20,22-23H,12-14H2,1-5H3,(H,27,30)/t20-,22-,23+/m1/s1. The van der Waals surface area contributed by atoms with Crippen LogP contribution in [0.5, 0.6) is 0 Å². The number of hydrogen-bond donors (Lipinski definition) is 1. The second-order valence-corrected chi connectivity index (χ2v) is 11.2. The molecule has 1 aliphatic heterocycles. The fraction of sp³-hybridized carbons (Fsp3) is 0.500. The largest absolute Gasteiger partial charge is 0.347 e. The van der Waals surface area contributed by atoms with Crippen molar-refractivity contribution in [3.63, 3.8) is 0 Å². The molecule has 0 bridgehead atoms. The zero-order valence-electron chi connectivity index (χ0n) is 20.0. The summed E-state index contributed by atoms with van der Waals surface area (Å²) in [7, 11) is 3.40. The van der Waals surface area contributed by atoms with Crippen molar-refractivity contribution in [3.05, 3.63) is 57.3 Å². The smallest absolute Gasteiger partial charge is 0.250 e. The maximum atomic E-state index is 14.1. The molecule has 1 N–H and O–H groups in total. The molecule has 1 aliphatic carbocycles. The Hall–Kier alpha value is -2.67. The number of fused-ring (bicyclic) bond motifs is 1. The van der Waals surface area contributed by atoms with Crippen LogP contribution < -0.4 is 5.32 Å². The van der Waals surface area contributed by atoms with E-state index in [1.165, 1.54) is 27.4 Å². The Bertz CT molecular complexity index is 1040. The van der Waals surface area contributed by atoms with Gasteiger partial charge >= 0.3 is 0 Å². The lowest BCUT2D eigenvalue weighted by Gasteiger charge is -2.45. The Morgan fingerprint density at radius 3 is 2.27 bits per heavy atom. The van der Waals surface area contributed by atoms with Gasteiger partial charge in [0.25, 0.3) is 0 Å². The number of amides is 3. The topological polar surface area (TPSA) is 69.7 Å². The summed E-state index contributed by atoms with van der Waals surface area (Å²) in [6.45, 7) is 6.06. The van der Waals surface area contributed by atoms with Crippen molar-refractivity contribution >= 4 is 29.1 Å². The Morgan fingerprint density at radius 2 is 1.76 bits per heavy atom. The van der Waals surface area contributed by atoms with Crippen LogP contribution in [0.4, 0.5) is 0 Å². The lowest BCUT2D eigenvalue weighted by Crippen LogP contribution is -2.67. The number of hydrogen-bond acceptors (Lipinski definition) is 4. The van der Waals surface area contributed by atoms with Crippen LogP contribution in [-0.2, 0) is 27.2 Å². The van der Waals surface area contributed by atoms with Crippen molar-refractivity contribution in [1.29, 1.82) is 0 Å². The molecule has 0 saturated carbocycles. The fourth-order valence-corrected chi connectivity index (χ4v) is 6.07. The van der Waals surface area contributed by atoms with Gasteiger partial charge < -0.3 is 15.1 Å². The van der Waals surface area contributed by atoms with Crippen molar-refractivity contribution in [2.24, 2.45) is 11.8 Å². The summed E-state index contributed by atoms with van der Waals surface area (Å²) >= 11 is 1.51. The molecule has 2 aromatic rings. The average molecular weight is 468 g/mol. The van der Waals surface area contributed by atoms with Crippen LogP contribution in [0.25, 0.3) is 0 Å². The fourth-order valence-electron chi connectivity index (χ4n) is 5.10. The van der Waals surface area contributed by atoms with Crippen molar-refractivity contribution in [3.8, 4) is 0 Å². The minimum Gasteiger partial charge on any atom is -0.347 e. The number of nitrogens with one attached hydrogen (secondary N) is 1. The maximum absolute atomic E-state index is 14.1. The van der Waals surface area contributed by atoms with Gasteiger partial charge in [-0.05, 0) is 61.3 Å². The molecule has 33 heavy (non-hydrogen) atoms. The Balaban J connectivity index is 1.74. The molecule has 1 aromatic heterocycles. The molecule has 2 aliphatic rings. The average Bonchev–Trinajstić information content (AvgIpc) is 3.38. The maximum Gasteiger partial charge on any atom is 0.250 e. The quantitative estimate of drug-likeness (QED) is 0.708. The predicted octanol–water partition coefficient (Wildman–Crippen LogP) is 3.34. The van der Waals surface area contributed by atoms with Gasteiger partial charge in [0, 0.05) is 23.8 Å². The van der Waals surface area contributed by atoms with E-state index in [1.54, 1.807) is 19.0 Å². The number of piperazine rings is 1. The summed E-state index contributed by atoms with van der Waals surface area (Å²) in [5.74, 6) is -0.300. The normalized spacial score (nSPS) is 21.8. The molecular weight excluding hydrogens is 434 g/mol. The van der Waals surface area contributed by atoms with E-state index in [9.17, 15) is 14.4 Å². The molecular formula is C26H33N3O3S. The van der Waals surface area contributed by atoms with Crippen molar-refractivity contribution < 1.29 is 14.4 Å². The third-order valence-electron chi connectivity index (χ3n) is 6.69. The first-order chi connectivity index (χ1) is 15.7. The van der Waals surface area contributed by atoms with Gasteiger partial charge in [0.15, 0.2) is 0 Å². The van der Waals surface area contributed by atoms with E-state index in [2.05, 4.69) is 17.4 Å². The van der Waals surface area contributed by atoms with E-state index >= 15 is 0 Å². The Kier molecular flexibility index (Phi) is 6.61. The Labute approximate surface area is 200 Å². The lowest BCUT2D eigenvalue weighted by molar-refractivity contribution is -0.159. The highest BCUT2D eigenvalue weighted by molar-refractivity contribution is 7.12. The van der Waals surface area contributed by atoms with E-state index in [4.69, 9.17) is 0 Å². The summed E-state index contributed by atoms with van der Waals surface area (Å²) in [5, 5.41) is 3.06.